The van der Waals surface area contributed by atoms with Crippen molar-refractivity contribution in [3.05, 3.63) is 24.3 Å². The van der Waals surface area contributed by atoms with Crippen LogP contribution in [-0.4, -0.2) is 20.2 Å². The normalized spacial score (nSPS) is 11.3. The molecule has 0 aliphatic carbocycles. The van der Waals surface area contributed by atoms with Gasteiger partial charge in [0, 0.05) is 6.54 Å². The van der Waals surface area contributed by atoms with Crippen molar-refractivity contribution < 1.29 is 13.6 Å². The zero-order valence-corrected chi connectivity index (χ0v) is 8.50. The first kappa shape index (κ1) is 11.0. The fourth-order valence-corrected chi connectivity index (χ4v) is 2.26. The highest BCUT2D eigenvalue weighted by atomic mass is 32.2. The minimum atomic E-state index is -3.53. The number of sulfonamides is 1. The van der Waals surface area contributed by atoms with Gasteiger partial charge in [0.15, 0.2) is 0 Å². The quantitative estimate of drug-likeness (QED) is 0.650. The molecule has 0 radical (unpaired) electrons. The van der Waals surface area contributed by atoms with Gasteiger partial charge in [0.2, 0.25) is 10.0 Å². The number of hydrogen-bond donors (Lipinski definition) is 3. The van der Waals surface area contributed by atoms with E-state index in [0.29, 0.717) is 6.54 Å². The van der Waals surface area contributed by atoms with E-state index in [1.165, 1.54) is 12.1 Å². The Bertz CT molecular complexity index is 403. The van der Waals surface area contributed by atoms with Gasteiger partial charge >= 0.3 is 0 Å². The maximum absolute atomic E-state index is 11.5. The van der Waals surface area contributed by atoms with Crippen LogP contribution in [0.15, 0.2) is 29.2 Å². The van der Waals surface area contributed by atoms with Crippen LogP contribution in [0.4, 0.5) is 5.69 Å². The average molecular weight is 216 g/mol. The zero-order valence-electron chi connectivity index (χ0n) is 7.69. The molecule has 6 heteroatoms. The van der Waals surface area contributed by atoms with E-state index in [9.17, 15) is 8.42 Å². The highest BCUT2D eigenvalue weighted by Gasteiger charge is 2.16. The first-order valence-corrected chi connectivity index (χ1v) is 5.59. The van der Waals surface area contributed by atoms with E-state index in [-0.39, 0.29) is 10.6 Å². The summed E-state index contributed by atoms with van der Waals surface area (Å²) in [4.78, 5) is 0.0318. The lowest BCUT2D eigenvalue weighted by molar-refractivity contribution is 0.386. The van der Waals surface area contributed by atoms with E-state index >= 15 is 0 Å². The molecule has 0 amide bonds. The Labute approximate surface area is 82.8 Å². The number of nitrogens with one attached hydrogen (secondary N) is 2. The van der Waals surface area contributed by atoms with E-state index in [0.717, 1.165) is 0 Å². The molecule has 0 saturated heterocycles. The third-order valence-electron chi connectivity index (χ3n) is 1.63. The lowest BCUT2D eigenvalue weighted by Gasteiger charge is -2.08. The number of hydrogen-bond acceptors (Lipinski definition) is 4. The molecule has 0 saturated carbocycles. The molecule has 1 rings (SSSR count). The monoisotopic (exact) mass is 216 g/mol. The molecule has 0 aromatic heterocycles. The van der Waals surface area contributed by atoms with Crippen LogP contribution in [-0.2, 0) is 10.0 Å². The van der Waals surface area contributed by atoms with Crippen molar-refractivity contribution >= 4 is 15.7 Å². The van der Waals surface area contributed by atoms with Crippen LogP contribution >= 0.6 is 0 Å². The third-order valence-corrected chi connectivity index (χ3v) is 3.24. The molecular weight excluding hydrogens is 204 g/mol. The summed E-state index contributed by atoms with van der Waals surface area (Å²) in [6.45, 7) is 1.99. The van der Waals surface area contributed by atoms with E-state index in [1.807, 2.05) is 5.48 Å². The minimum Gasteiger partial charge on any atom is -0.291 e. The lowest BCUT2D eigenvalue weighted by atomic mass is 10.3. The summed E-state index contributed by atoms with van der Waals surface area (Å²) in [6.07, 6.45) is 0. The molecule has 0 unspecified atom stereocenters. The van der Waals surface area contributed by atoms with Crippen molar-refractivity contribution in [3.63, 3.8) is 0 Å². The molecule has 3 N–H and O–H groups in total. The van der Waals surface area contributed by atoms with Crippen LogP contribution < -0.4 is 10.2 Å². The van der Waals surface area contributed by atoms with Crippen LogP contribution in [0.2, 0.25) is 0 Å². The second-order valence-corrected chi connectivity index (χ2v) is 4.34. The highest BCUT2D eigenvalue weighted by molar-refractivity contribution is 7.89. The van der Waals surface area contributed by atoms with Gasteiger partial charge in [0.05, 0.1) is 5.69 Å². The summed E-state index contributed by atoms with van der Waals surface area (Å²) in [5.41, 5.74) is 2.00. The van der Waals surface area contributed by atoms with Crippen molar-refractivity contribution in [3.8, 4) is 0 Å². The summed E-state index contributed by atoms with van der Waals surface area (Å²) in [6, 6.07) is 6.11. The van der Waals surface area contributed by atoms with Gasteiger partial charge < -0.3 is 0 Å². The molecule has 0 aliphatic heterocycles. The largest absolute Gasteiger partial charge is 0.291 e. The molecule has 0 aliphatic rings. The van der Waals surface area contributed by atoms with Crippen LogP contribution in [0.3, 0.4) is 0 Å². The van der Waals surface area contributed by atoms with E-state index < -0.39 is 10.0 Å². The summed E-state index contributed by atoms with van der Waals surface area (Å²) in [5.74, 6) is 0. The summed E-state index contributed by atoms with van der Waals surface area (Å²) >= 11 is 0. The summed E-state index contributed by atoms with van der Waals surface area (Å²) < 4.78 is 25.4. The first-order valence-electron chi connectivity index (χ1n) is 4.10. The fourth-order valence-electron chi connectivity index (χ4n) is 1.06. The average Bonchev–Trinajstić information content (AvgIpc) is 2.18. The maximum atomic E-state index is 11.5. The number of anilines is 1. The molecule has 78 valence electrons. The first-order chi connectivity index (χ1) is 6.61. The molecule has 0 bridgehead atoms. The lowest BCUT2D eigenvalue weighted by Crippen LogP contribution is -2.23. The molecule has 0 fully saturated rings. The van der Waals surface area contributed by atoms with Gasteiger partial charge in [-0.25, -0.2) is 13.1 Å². The second-order valence-electron chi connectivity index (χ2n) is 2.61. The topological polar surface area (TPSA) is 78.4 Å². The van der Waals surface area contributed by atoms with Crippen LogP contribution in [0.25, 0.3) is 0 Å². The van der Waals surface area contributed by atoms with Gasteiger partial charge in [-0.2, -0.15) is 0 Å². The maximum Gasteiger partial charge on any atom is 0.242 e. The summed E-state index contributed by atoms with van der Waals surface area (Å²) in [5, 5.41) is 8.71. The van der Waals surface area contributed by atoms with Gasteiger partial charge in [0.1, 0.15) is 4.90 Å². The molecule has 1 aromatic rings. The molecule has 1 aromatic carbocycles. The predicted octanol–water partition coefficient (Wildman–Crippen LogP) is 0.786. The van der Waals surface area contributed by atoms with Gasteiger partial charge in [-0.1, -0.05) is 19.1 Å². The Kier molecular flexibility index (Phi) is 3.45. The zero-order chi connectivity index (χ0) is 10.6. The van der Waals surface area contributed by atoms with Gasteiger partial charge in [-0.15, -0.1) is 0 Å². The van der Waals surface area contributed by atoms with Crippen molar-refractivity contribution in [1.82, 2.24) is 4.72 Å². The summed E-state index contributed by atoms with van der Waals surface area (Å²) in [7, 11) is -3.53. The van der Waals surface area contributed by atoms with E-state index in [2.05, 4.69) is 4.72 Å². The van der Waals surface area contributed by atoms with Crippen molar-refractivity contribution in [2.45, 2.75) is 11.8 Å². The van der Waals surface area contributed by atoms with E-state index in [1.54, 1.807) is 19.1 Å². The van der Waals surface area contributed by atoms with Crippen LogP contribution in [0.1, 0.15) is 6.92 Å². The van der Waals surface area contributed by atoms with Crippen molar-refractivity contribution in [2.24, 2.45) is 0 Å². The van der Waals surface area contributed by atoms with Crippen molar-refractivity contribution in [2.75, 3.05) is 12.0 Å². The highest BCUT2D eigenvalue weighted by Crippen LogP contribution is 2.19. The molecule has 0 atom stereocenters. The van der Waals surface area contributed by atoms with Crippen molar-refractivity contribution in [1.29, 1.82) is 0 Å². The number of benzene rings is 1. The Morgan fingerprint density at radius 2 is 2.00 bits per heavy atom. The number of rotatable bonds is 4. The minimum absolute atomic E-state index is 0.0318. The molecular formula is C8H12N2O3S. The molecule has 0 heterocycles. The van der Waals surface area contributed by atoms with Crippen LogP contribution in [0, 0.1) is 0 Å². The molecule has 14 heavy (non-hydrogen) atoms. The van der Waals surface area contributed by atoms with E-state index in [4.69, 9.17) is 5.21 Å². The second kappa shape index (κ2) is 4.41. The SMILES string of the molecule is CCNS(=O)(=O)c1ccccc1NO. The Morgan fingerprint density at radius 1 is 1.36 bits per heavy atom. The molecule has 0 spiro atoms. The van der Waals surface area contributed by atoms with Crippen LogP contribution in [0.5, 0.6) is 0 Å². The van der Waals surface area contributed by atoms with Gasteiger partial charge in [-0.05, 0) is 12.1 Å². The molecule has 5 nitrogen and oxygen atoms in total. The Balaban J connectivity index is 3.18. The smallest absolute Gasteiger partial charge is 0.242 e. The van der Waals surface area contributed by atoms with Gasteiger partial charge in [0.25, 0.3) is 0 Å². The fraction of sp³-hybridized carbons (Fsp3) is 0.250. The van der Waals surface area contributed by atoms with Gasteiger partial charge in [-0.3, -0.25) is 10.7 Å². The number of para-hydroxylation sites is 1. The predicted molar refractivity (Wildman–Crippen MR) is 52.7 cm³/mol. The standard InChI is InChI=1S/C8H12N2O3S/c1-2-9-14(12,13)8-6-4-3-5-7(8)10-11/h3-6,9-11H,2H2,1H3. The Morgan fingerprint density at radius 3 is 2.57 bits per heavy atom. The Hall–Kier alpha value is -1.11. The third kappa shape index (κ3) is 2.22.